The van der Waals surface area contributed by atoms with Crippen molar-refractivity contribution in [3.05, 3.63) is 35.4 Å². The first-order valence-electron chi connectivity index (χ1n) is 8.43. The van der Waals surface area contributed by atoms with E-state index < -0.39 is 0 Å². The molecule has 1 atom stereocenters. The van der Waals surface area contributed by atoms with Crippen molar-refractivity contribution >= 4 is 29.9 Å². The third-order valence-corrected chi connectivity index (χ3v) is 4.22. The van der Waals surface area contributed by atoms with Gasteiger partial charge < -0.3 is 11.1 Å². The first-order chi connectivity index (χ1) is 10.5. The van der Waals surface area contributed by atoms with Gasteiger partial charge in [0.15, 0.2) is 5.96 Å². The molecule has 130 valence electrons. The summed E-state index contributed by atoms with van der Waals surface area (Å²) in [6.07, 6.45) is 4.04. The van der Waals surface area contributed by atoms with E-state index in [1.807, 2.05) is 0 Å². The maximum Gasteiger partial charge on any atom is 0.189 e. The Hall–Kier alpha value is -0.820. The van der Waals surface area contributed by atoms with E-state index in [1.54, 1.807) is 0 Å². The lowest BCUT2D eigenvalue weighted by atomic mass is 10.0. The fourth-order valence-corrected chi connectivity index (χ4v) is 2.89. The smallest absolute Gasteiger partial charge is 0.189 e. The Morgan fingerprint density at radius 2 is 1.91 bits per heavy atom. The summed E-state index contributed by atoms with van der Waals surface area (Å²) in [4.78, 5) is 6.95. The topological polar surface area (TPSA) is 53.6 Å². The average molecular weight is 430 g/mol. The number of guanidine groups is 1. The Morgan fingerprint density at radius 3 is 2.52 bits per heavy atom. The van der Waals surface area contributed by atoms with E-state index in [4.69, 9.17) is 5.73 Å². The van der Waals surface area contributed by atoms with E-state index in [9.17, 15) is 0 Å². The number of hydrogen-bond donors (Lipinski definition) is 2. The number of piperidine rings is 1. The minimum Gasteiger partial charge on any atom is -0.370 e. The Morgan fingerprint density at radius 1 is 1.26 bits per heavy atom. The number of halogens is 1. The van der Waals surface area contributed by atoms with Crippen molar-refractivity contribution < 1.29 is 0 Å². The van der Waals surface area contributed by atoms with Crippen LogP contribution < -0.4 is 11.1 Å². The van der Waals surface area contributed by atoms with Crippen LogP contribution in [0.3, 0.4) is 0 Å². The molecule has 2 rings (SSSR count). The quantitative estimate of drug-likeness (QED) is 0.427. The van der Waals surface area contributed by atoms with Gasteiger partial charge in [-0.15, -0.1) is 24.0 Å². The molecule has 1 aromatic rings. The van der Waals surface area contributed by atoms with Crippen LogP contribution in [0, 0.1) is 0 Å². The van der Waals surface area contributed by atoms with Crippen LogP contribution in [0.4, 0.5) is 0 Å². The van der Waals surface area contributed by atoms with Gasteiger partial charge >= 0.3 is 0 Å². The highest BCUT2D eigenvalue weighted by molar-refractivity contribution is 14.0. The number of aliphatic imine (C=N–C) groups is 1. The number of likely N-dealkylation sites (tertiary alicyclic amines) is 1. The summed E-state index contributed by atoms with van der Waals surface area (Å²) in [5.74, 6) is 0.515. The van der Waals surface area contributed by atoms with Crippen LogP contribution in [0.25, 0.3) is 0 Å². The molecule has 0 radical (unpaired) electrons. The van der Waals surface area contributed by atoms with Crippen LogP contribution in [0.1, 0.15) is 51.2 Å². The number of nitrogens with zero attached hydrogens (tertiary/aromatic N) is 2. The highest BCUT2D eigenvalue weighted by atomic mass is 127. The predicted molar refractivity (Wildman–Crippen MR) is 109 cm³/mol. The molecule has 4 nitrogen and oxygen atoms in total. The zero-order valence-electron chi connectivity index (χ0n) is 14.6. The summed E-state index contributed by atoms with van der Waals surface area (Å²) in [7, 11) is 0. The maximum absolute atomic E-state index is 5.82. The van der Waals surface area contributed by atoms with Gasteiger partial charge in [-0.05, 0) is 51.3 Å². The predicted octanol–water partition coefficient (Wildman–Crippen LogP) is 3.49. The molecule has 1 aliphatic heterocycles. The van der Waals surface area contributed by atoms with Crippen molar-refractivity contribution in [3.8, 4) is 0 Å². The van der Waals surface area contributed by atoms with Gasteiger partial charge in [0.25, 0.3) is 0 Å². The Kier molecular flexibility index (Phi) is 8.91. The summed E-state index contributed by atoms with van der Waals surface area (Å²) in [6, 6.07) is 9.79. The molecule has 1 saturated heterocycles. The van der Waals surface area contributed by atoms with Gasteiger partial charge in [-0.1, -0.05) is 30.7 Å². The van der Waals surface area contributed by atoms with E-state index >= 15 is 0 Å². The molecule has 1 heterocycles. The maximum atomic E-state index is 5.82. The van der Waals surface area contributed by atoms with E-state index in [2.05, 4.69) is 60.2 Å². The molecule has 1 unspecified atom stereocenters. The molecular formula is C18H31IN4. The highest BCUT2D eigenvalue weighted by Gasteiger charge is 2.17. The zero-order chi connectivity index (χ0) is 15.9. The standard InChI is InChI=1S/C18H30N4.HI/c1-14(2)21-18(19)20-12-16-7-9-17(10-8-16)13-22-11-5-4-6-15(22)3;/h7-10,14-15H,4-6,11-13H2,1-3H3,(H3,19,20,21);1H. The summed E-state index contributed by atoms with van der Waals surface area (Å²) in [5.41, 5.74) is 8.41. The van der Waals surface area contributed by atoms with Gasteiger partial charge in [-0.25, -0.2) is 4.99 Å². The lowest BCUT2D eigenvalue weighted by molar-refractivity contribution is 0.152. The molecule has 5 heteroatoms. The Balaban J connectivity index is 0.00000264. The van der Waals surface area contributed by atoms with Crippen molar-refractivity contribution in [1.29, 1.82) is 0 Å². The minimum absolute atomic E-state index is 0. The van der Waals surface area contributed by atoms with E-state index in [-0.39, 0.29) is 24.0 Å². The van der Waals surface area contributed by atoms with E-state index in [1.165, 1.54) is 36.9 Å². The molecule has 23 heavy (non-hydrogen) atoms. The van der Waals surface area contributed by atoms with Crippen LogP contribution in [0.5, 0.6) is 0 Å². The van der Waals surface area contributed by atoms with Gasteiger partial charge in [-0.2, -0.15) is 0 Å². The molecule has 0 aliphatic carbocycles. The number of nitrogens with two attached hydrogens (primary N) is 1. The van der Waals surface area contributed by atoms with Crippen LogP contribution in [-0.2, 0) is 13.1 Å². The molecule has 1 fully saturated rings. The molecule has 0 amide bonds. The number of nitrogens with one attached hydrogen (secondary N) is 1. The largest absolute Gasteiger partial charge is 0.370 e. The fraction of sp³-hybridized carbons (Fsp3) is 0.611. The lowest BCUT2D eigenvalue weighted by Crippen LogP contribution is -2.36. The van der Waals surface area contributed by atoms with Crippen LogP contribution >= 0.6 is 24.0 Å². The van der Waals surface area contributed by atoms with Crippen LogP contribution in [-0.4, -0.2) is 29.5 Å². The van der Waals surface area contributed by atoms with Crippen LogP contribution in [0.2, 0.25) is 0 Å². The summed E-state index contributed by atoms with van der Waals surface area (Å²) in [5, 5.41) is 3.10. The van der Waals surface area contributed by atoms with Gasteiger partial charge in [0.05, 0.1) is 6.54 Å². The van der Waals surface area contributed by atoms with Crippen molar-refractivity contribution in [1.82, 2.24) is 10.2 Å². The fourth-order valence-electron chi connectivity index (χ4n) is 2.89. The van der Waals surface area contributed by atoms with Gasteiger partial charge in [0.1, 0.15) is 0 Å². The van der Waals surface area contributed by atoms with Gasteiger partial charge in [0.2, 0.25) is 0 Å². The molecule has 1 aliphatic rings. The molecule has 0 saturated carbocycles. The van der Waals surface area contributed by atoms with Crippen molar-refractivity contribution in [2.75, 3.05) is 6.54 Å². The second kappa shape index (κ2) is 10.1. The highest BCUT2D eigenvalue weighted by Crippen LogP contribution is 2.19. The van der Waals surface area contributed by atoms with Gasteiger partial charge in [0, 0.05) is 18.6 Å². The average Bonchev–Trinajstić information content (AvgIpc) is 2.48. The normalized spacial score (nSPS) is 19.5. The number of rotatable bonds is 5. The minimum atomic E-state index is 0. The number of hydrogen-bond acceptors (Lipinski definition) is 2. The molecular weight excluding hydrogens is 399 g/mol. The molecule has 3 N–H and O–H groups in total. The van der Waals surface area contributed by atoms with E-state index in [0.29, 0.717) is 24.6 Å². The SMILES string of the molecule is CC(C)NC(N)=NCc1ccc(CN2CCCCC2C)cc1.I. The van der Waals surface area contributed by atoms with Crippen molar-refractivity contribution in [3.63, 3.8) is 0 Å². The van der Waals surface area contributed by atoms with Crippen molar-refractivity contribution in [2.24, 2.45) is 10.7 Å². The number of benzene rings is 1. The monoisotopic (exact) mass is 430 g/mol. The molecule has 1 aromatic carbocycles. The summed E-state index contributed by atoms with van der Waals surface area (Å²) in [6.45, 7) is 9.36. The van der Waals surface area contributed by atoms with Gasteiger partial charge in [-0.3, -0.25) is 4.90 Å². The third kappa shape index (κ3) is 7.08. The summed E-state index contributed by atoms with van der Waals surface area (Å²) >= 11 is 0. The van der Waals surface area contributed by atoms with Crippen LogP contribution in [0.15, 0.2) is 29.3 Å². The Bertz CT molecular complexity index is 484. The molecule has 0 spiro atoms. The second-order valence-electron chi connectivity index (χ2n) is 6.63. The van der Waals surface area contributed by atoms with Crippen molar-refractivity contribution in [2.45, 2.75) is 65.2 Å². The molecule has 0 aromatic heterocycles. The first-order valence-corrected chi connectivity index (χ1v) is 8.43. The van der Waals surface area contributed by atoms with E-state index in [0.717, 1.165) is 6.54 Å². The molecule has 0 bridgehead atoms. The zero-order valence-corrected chi connectivity index (χ0v) is 16.9. The lowest BCUT2D eigenvalue weighted by Gasteiger charge is -2.33. The Labute approximate surface area is 157 Å². The first kappa shape index (κ1) is 20.2. The summed E-state index contributed by atoms with van der Waals surface area (Å²) < 4.78 is 0. The second-order valence-corrected chi connectivity index (χ2v) is 6.63. The third-order valence-electron chi connectivity index (χ3n) is 4.22.